The Balaban J connectivity index is 1.74. The maximum atomic E-state index is 11.4. The van der Waals surface area contributed by atoms with Crippen LogP contribution in [0.4, 0.5) is 0 Å². The van der Waals surface area contributed by atoms with E-state index >= 15 is 0 Å². The van der Waals surface area contributed by atoms with Crippen LogP contribution >= 0.6 is 0 Å². The molecule has 1 aliphatic heterocycles. The SMILES string of the molecule is C=C(CCC(C)=O)C1C[C@H]2CCCC[C@H]2N1Cc1ccc(OC)cc1. The Morgan fingerprint density at radius 1 is 1.20 bits per heavy atom. The van der Waals surface area contributed by atoms with Gasteiger partial charge < -0.3 is 9.53 Å². The Bertz CT molecular complexity index is 607. The summed E-state index contributed by atoms with van der Waals surface area (Å²) in [7, 11) is 1.71. The van der Waals surface area contributed by atoms with Crippen molar-refractivity contribution in [2.24, 2.45) is 5.92 Å². The minimum atomic E-state index is 0.262. The summed E-state index contributed by atoms with van der Waals surface area (Å²) in [5.74, 6) is 1.97. The molecule has 0 radical (unpaired) electrons. The molecule has 136 valence electrons. The van der Waals surface area contributed by atoms with Gasteiger partial charge in [0.2, 0.25) is 0 Å². The van der Waals surface area contributed by atoms with Gasteiger partial charge in [0.1, 0.15) is 11.5 Å². The third kappa shape index (κ3) is 4.33. The number of fused-ring (bicyclic) bond motifs is 1. The lowest BCUT2D eigenvalue weighted by Gasteiger charge is -2.34. The number of Topliss-reactive ketones (excluding diaryl/α,β-unsaturated/α-hetero) is 1. The molecule has 25 heavy (non-hydrogen) atoms. The Kier molecular flexibility index (Phi) is 5.95. The van der Waals surface area contributed by atoms with Crippen molar-refractivity contribution in [2.45, 2.75) is 70.5 Å². The van der Waals surface area contributed by atoms with Crippen LogP contribution in [0.3, 0.4) is 0 Å². The van der Waals surface area contributed by atoms with Gasteiger partial charge in [-0.1, -0.05) is 37.1 Å². The summed E-state index contributed by atoms with van der Waals surface area (Å²) in [6.45, 7) is 7.02. The van der Waals surface area contributed by atoms with E-state index in [4.69, 9.17) is 4.74 Å². The van der Waals surface area contributed by atoms with Crippen molar-refractivity contribution in [2.75, 3.05) is 7.11 Å². The fourth-order valence-corrected chi connectivity index (χ4v) is 4.63. The fraction of sp³-hybridized carbons (Fsp3) is 0.591. The quantitative estimate of drug-likeness (QED) is 0.670. The van der Waals surface area contributed by atoms with Gasteiger partial charge in [-0.3, -0.25) is 4.90 Å². The number of ether oxygens (including phenoxy) is 1. The van der Waals surface area contributed by atoms with E-state index in [1.54, 1.807) is 14.0 Å². The summed E-state index contributed by atoms with van der Waals surface area (Å²) in [5, 5.41) is 0. The number of nitrogens with zero attached hydrogens (tertiary/aromatic N) is 1. The highest BCUT2D eigenvalue weighted by Crippen LogP contribution is 2.43. The smallest absolute Gasteiger partial charge is 0.130 e. The summed E-state index contributed by atoms with van der Waals surface area (Å²) in [5.41, 5.74) is 2.58. The van der Waals surface area contributed by atoms with Gasteiger partial charge in [0.05, 0.1) is 7.11 Å². The third-order valence-corrected chi connectivity index (χ3v) is 6.01. The van der Waals surface area contributed by atoms with Crippen LogP contribution in [0.5, 0.6) is 5.75 Å². The Labute approximate surface area is 152 Å². The number of carbonyl (C=O) groups is 1. The predicted molar refractivity (Wildman–Crippen MR) is 102 cm³/mol. The summed E-state index contributed by atoms with van der Waals surface area (Å²) in [6, 6.07) is 9.53. The molecule has 3 atom stereocenters. The lowest BCUT2D eigenvalue weighted by molar-refractivity contribution is -0.117. The topological polar surface area (TPSA) is 29.5 Å². The number of hydrogen-bond donors (Lipinski definition) is 0. The Hall–Kier alpha value is -1.61. The van der Waals surface area contributed by atoms with Crippen molar-refractivity contribution in [3.05, 3.63) is 42.0 Å². The van der Waals surface area contributed by atoms with E-state index in [9.17, 15) is 4.79 Å². The molecule has 3 heteroatoms. The molecule has 0 aromatic heterocycles. The first-order valence-corrected chi connectivity index (χ1v) is 9.64. The number of benzene rings is 1. The van der Waals surface area contributed by atoms with Crippen molar-refractivity contribution in [1.29, 1.82) is 0 Å². The molecule has 1 aromatic carbocycles. The number of likely N-dealkylation sites (tertiary alicyclic amines) is 1. The molecule has 1 aliphatic carbocycles. The summed E-state index contributed by atoms with van der Waals surface area (Å²) in [6.07, 6.45) is 8.03. The highest BCUT2D eigenvalue weighted by Gasteiger charge is 2.42. The predicted octanol–water partition coefficient (Wildman–Crippen LogP) is 4.75. The van der Waals surface area contributed by atoms with Crippen molar-refractivity contribution in [3.63, 3.8) is 0 Å². The van der Waals surface area contributed by atoms with Crippen LogP contribution in [0.25, 0.3) is 0 Å². The maximum Gasteiger partial charge on any atom is 0.130 e. The number of ketones is 1. The van der Waals surface area contributed by atoms with E-state index in [2.05, 4.69) is 23.6 Å². The lowest BCUT2D eigenvalue weighted by atomic mass is 9.84. The van der Waals surface area contributed by atoms with Crippen LogP contribution in [-0.4, -0.2) is 29.9 Å². The number of carbonyl (C=O) groups excluding carboxylic acids is 1. The average Bonchev–Trinajstić information content (AvgIpc) is 2.99. The average molecular weight is 341 g/mol. The van der Waals surface area contributed by atoms with Crippen molar-refractivity contribution in [1.82, 2.24) is 4.90 Å². The molecule has 0 bridgehead atoms. The monoisotopic (exact) mass is 341 g/mol. The van der Waals surface area contributed by atoms with Crippen molar-refractivity contribution >= 4 is 5.78 Å². The Morgan fingerprint density at radius 3 is 2.60 bits per heavy atom. The zero-order chi connectivity index (χ0) is 17.8. The molecule has 1 saturated heterocycles. The Morgan fingerprint density at radius 2 is 1.92 bits per heavy atom. The zero-order valence-electron chi connectivity index (χ0n) is 15.7. The molecule has 2 fully saturated rings. The molecule has 0 N–H and O–H groups in total. The van der Waals surface area contributed by atoms with Crippen molar-refractivity contribution in [3.8, 4) is 5.75 Å². The van der Waals surface area contributed by atoms with Gasteiger partial charge >= 0.3 is 0 Å². The molecule has 1 heterocycles. The van der Waals surface area contributed by atoms with E-state index in [0.717, 1.165) is 24.6 Å². The van der Waals surface area contributed by atoms with Crippen LogP contribution < -0.4 is 4.74 Å². The van der Waals surface area contributed by atoms with E-state index in [1.807, 2.05) is 12.1 Å². The minimum Gasteiger partial charge on any atom is -0.497 e. The molecular formula is C22H31NO2. The third-order valence-electron chi connectivity index (χ3n) is 6.01. The van der Waals surface area contributed by atoms with Crippen LogP contribution in [0.15, 0.2) is 36.4 Å². The zero-order valence-corrected chi connectivity index (χ0v) is 15.7. The first-order chi connectivity index (χ1) is 12.1. The molecule has 1 saturated carbocycles. The van der Waals surface area contributed by atoms with Gasteiger partial charge in [0.15, 0.2) is 0 Å². The number of methoxy groups -OCH3 is 1. The van der Waals surface area contributed by atoms with E-state index in [1.165, 1.54) is 43.2 Å². The summed E-state index contributed by atoms with van der Waals surface area (Å²) < 4.78 is 5.28. The molecule has 3 rings (SSSR count). The molecule has 1 unspecified atom stereocenters. The lowest BCUT2D eigenvalue weighted by Crippen LogP contribution is -2.39. The van der Waals surface area contributed by atoms with E-state index in [-0.39, 0.29) is 5.78 Å². The first-order valence-electron chi connectivity index (χ1n) is 9.64. The van der Waals surface area contributed by atoms with Gasteiger partial charge in [-0.2, -0.15) is 0 Å². The van der Waals surface area contributed by atoms with Gasteiger partial charge in [-0.05, 0) is 56.2 Å². The number of hydrogen-bond acceptors (Lipinski definition) is 3. The molecule has 0 spiro atoms. The van der Waals surface area contributed by atoms with Crippen LogP contribution in [-0.2, 0) is 11.3 Å². The maximum absolute atomic E-state index is 11.4. The highest BCUT2D eigenvalue weighted by molar-refractivity contribution is 5.75. The van der Waals surface area contributed by atoms with Gasteiger partial charge in [-0.15, -0.1) is 0 Å². The molecular weight excluding hydrogens is 310 g/mol. The largest absolute Gasteiger partial charge is 0.497 e. The molecule has 0 amide bonds. The van der Waals surface area contributed by atoms with Gasteiger partial charge in [0, 0.05) is 25.0 Å². The second-order valence-electron chi connectivity index (χ2n) is 7.74. The fourth-order valence-electron chi connectivity index (χ4n) is 4.63. The summed E-state index contributed by atoms with van der Waals surface area (Å²) in [4.78, 5) is 14.1. The number of rotatable bonds is 7. The second kappa shape index (κ2) is 8.18. The highest BCUT2D eigenvalue weighted by atomic mass is 16.5. The van der Waals surface area contributed by atoms with Crippen LogP contribution in [0, 0.1) is 5.92 Å². The second-order valence-corrected chi connectivity index (χ2v) is 7.74. The van der Waals surface area contributed by atoms with Crippen molar-refractivity contribution < 1.29 is 9.53 Å². The minimum absolute atomic E-state index is 0.262. The van der Waals surface area contributed by atoms with E-state index < -0.39 is 0 Å². The van der Waals surface area contributed by atoms with E-state index in [0.29, 0.717) is 18.5 Å². The molecule has 3 nitrogen and oxygen atoms in total. The first kappa shape index (κ1) is 18.2. The normalized spacial score (nSPS) is 26.2. The molecule has 1 aromatic rings. The molecule has 2 aliphatic rings. The standard InChI is InChI=1S/C22H31NO2/c1-16(8-9-17(2)24)22-14-19-6-4-5-7-21(19)23(22)15-18-10-12-20(25-3)13-11-18/h10-13,19,21-22H,1,4-9,14-15H2,2-3H3/t19-,21-,22?/m1/s1. The van der Waals surface area contributed by atoms with Gasteiger partial charge in [0.25, 0.3) is 0 Å². The van der Waals surface area contributed by atoms with Gasteiger partial charge in [-0.25, -0.2) is 0 Å². The summed E-state index contributed by atoms with van der Waals surface area (Å²) >= 11 is 0. The van der Waals surface area contributed by atoms with Crippen LogP contribution in [0.1, 0.15) is 57.4 Å². The van der Waals surface area contributed by atoms with Crippen LogP contribution in [0.2, 0.25) is 0 Å².